The van der Waals surface area contributed by atoms with Gasteiger partial charge >= 0.3 is 0 Å². The van der Waals surface area contributed by atoms with Crippen LogP contribution in [0.2, 0.25) is 0 Å². The molecule has 0 aromatic heterocycles. The minimum absolute atomic E-state index is 0.00817. The average molecular weight is 285 g/mol. The van der Waals surface area contributed by atoms with Gasteiger partial charge in [0.15, 0.2) is 0 Å². The molecular weight excluding hydrogens is 258 g/mol. The van der Waals surface area contributed by atoms with E-state index in [4.69, 9.17) is 4.74 Å². The highest BCUT2D eigenvalue weighted by atomic mass is 16.5. The molecule has 6 nitrogen and oxygen atoms in total. The molecule has 0 aromatic rings. The van der Waals surface area contributed by atoms with Crippen LogP contribution in [0, 0.1) is 0 Å². The van der Waals surface area contributed by atoms with Crippen LogP contribution in [0.4, 0.5) is 0 Å². The van der Waals surface area contributed by atoms with Gasteiger partial charge in [0.2, 0.25) is 11.8 Å². The third-order valence-electron chi connectivity index (χ3n) is 3.78. The van der Waals surface area contributed by atoms with Crippen molar-refractivity contribution in [1.82, 2.24) is 15.1 Å². The zero-order chi connectivity index (χ0) is 15.1. The van der Waals surface area contributed by atoms with Gasteiger partial charge < -0.3 is 15.0 Å². The smallest absolute Gasteiger partial charge is 0.247 e. The molecule has 1 rings (SSSR count). The Kier molecular flexibility index (Phi) is 7.12. The molecular formula is C14H27N3O3. The fourth-order valence-electron chi connectivity index (χ4n) is 2.24. The van der Waals surface area contributed by atoms with Crippen LogP contribution in [0.25, 0.3) is 0 Å². The number of nitrogens with one attached hydrogen (secondary N) is 1. The Morgan fingerprint density at radius 3 is 2.75 bits per heavy atom. The van der Waals surface area contributed by atoms with E-state index >= 15 is 0 Å². The predicted octanol–water partition coefficient (Wildman–Crippen LogP) is 0.0802. The molecule has 1 N–H and O–H groups in total. The first-order valence-electron chi connectivity index (χ1n) is 7.28. The maximum absolute atomic E-state index is 12.2. The number of nitrogens with zero attached hydrogens (tertiary/aromatic N) is 2. The number of imide groups is 1. The van der Waals surface area contributed by atoms with E-state index in [-0.39, 0.29) is 30.3 Å². The molecule has 1 saturated heterocycles. The first-order valence-corrected chi connectivity index (χ1v) is 7.28. The van der Waals surface area contributed by atoms with Crippen molar-refractivity contribution >= 4 is 11.8 Å². The van der Waals surface area contributed by atoms with E-state index < -0.39 is 0 Å². The molecule has 6 heteroatoms. The van der Waals surface area contributed by atoms with Crippen LogP contribution in [0.1, 0.15) is 26.7 Å². The zero-order valence-electron chi connectivity index (χ0n) is 13.0. The SMILES string of the molecule is CCC(C)N1C(=O)CC(NCCN(C)CCOC)C1=O. The molecule has 0 saturated carbocycles. The van der Waals surface area contributed by atoms with E-state index in [0.29, 0.717) is 13.2 Å². The Hall–Kier alpha value is -0.980. The molecule has 2 unspecified atom stereocenters. The van der Waals surface area contributed by atoms with E-state index in [9.17, 15) is 9.59 Å². The number of carbonyl (C=O) groups excluding carboxylic acids is 2. The van der Waals surface area contributed by atoms with Crippen molar-refractivity contribution in [3.05, 3.63) is 0 Å². The van der Waals surface area contributed by atoms with E-state index in [0.717, 1.165) is 19.5 Å². The predicted molar refractivity (Wildman–Crippen MR) is 77.4 cm³/mol. The summed E-state index contributed by atoms with van der Waals surface area (Å²) in [6, 6.07) is -0.362. The number of hydrogen-bond donors (Lipinski definition) is 1. The number of amides is 2. The van der Waals surface area contributed by atoms with Crippen LogP contribution in [-0.2, 0) is 14.3 Å². The van der Waals surface area contributed by atoms with Gasteiger partial charge in [0.1, 0.15) is 0 Å². The summed E-state index contributed by atoms with van der Waals surface area (Å²) in [6.45, 7) is 6.96. The van der Waals surface area contributed by atoms with Gasteiger partial charge in [-0.1, -0.05) is 6.92 Å². The summed E-state index contributed by atoms with van der Waals surface area (Å²) in [5, 5.41) is 3.18. The lowest BCUT2D eigenvalue weighted by molar-refractivity contribution is -0.141. The summed E-state index contributed by atoms with van der Waals surface area (Å²) >= 11 is 0. The Bertz CT molecular complexity index is 336. The number of hydrogen-bond acceptors (Lipinski definition) is 5. The van der Waals surface area contributed by atoms with Crippen molar-refractivity contribution in [2.45, 2.75) is 38.8 Å². The second-order valence-electron chi connectivity index (χ2n) is 5.37. The third-order valence-corrected chi connectivity index (χ3v) is 3.78. The number of carbonyl (C=O) groups is 2. The van der Waals surface area contributed by atoms with Crippen molar-refractivity contribution in [2.75, 3.05) is 40.4 Å². The Balaban J connectivity index is 2.35. The van der Waals surface area contributed by atoms with Gasteiger partial charge in [0.25, 0.3) is 0 Å². The molecule has 116 valence electrons. The summed E-state index contributed by atoms with van der Waals surface area (Å²) in [6.07, 6.45) is 1.08. The van der Waals surface area contributed by atoms with Crippen LogP contribution in [0.3, 0.4) is 0 Å². The summed E-state index contributed by atoms with van der Waals surface area (Å²) < 4.78 is 5.01. The Labute approximate surface area is 121 Å². The number of likely N-dealkylation sites (N-methyl/N-ethyl adjacent to an activating group) is 1. The molecule has 0 aliphatic carbocycles. The maximum atomic E-state index is 12.2. The van der Waals surface area contributed by atoms with Crippen molar-refractivity contribution in [3.63, 3.8) is 0 Å². The molecule has 0 aromatic carbocycles. The quantitative estimate of drug-likeness (QED) is 0.608. The molecule has 1 fully saturated rings. The average Bonchev–Trinajstić information content (AvgIpc) is 2.70. The van der Waals surface area contributed by atoms with Gasteiger partial charge in [0, 0.05) is 32.8 Å². The first-order chi connectivity index (χ1) is 9.51. The lowest BCUT2D eigenvalue weighted by atomic mass is 10.2. The van der Waals surface area contributed by atoms with Gasteiger partial charge in [-0.05, 0) is 20.4 Å². The molecule has 0 radical (unpaired) electrons. The molecule has 0 bridgehead atoms. The van der Waals surface area contributed by atoms with Gasteiger partial charge in [-0.2, -0.15) is 0 Å². The van der Waals surface area contributed by atoms with Crippen molar-refractivity contribution in [2.24, 2.45) is 0 Å². The first kappa shape index (κ1) is 17.1. The van der Waals surface area contributed by atoms with Crippen molar-refractivity contribution < 1.29 is 14.3 Å². The largest absolute Gasteiger partial charge is 0.383 e. The Morgan fingerprint density at radius 2 is 2.15 bits per heavy atom. The highest BCUT2D eigenvalue weighted by molar-refractivity contribution is 6.05. The van der Waals surface area contributed by atoms with Crippen molar-refractivity contribution in [1.29, 1.82) is 0 Å². The number of methoxy groups -OCH3 is 1. The number of ether oxygens (including phenoxy) is 1. The van der Waals surface area contributed by atoms with E-state index in [2.05, 4.69) is 10.2 Å². The van der Waals surface area contributed by atoms with Crippen LogP contribution < -0.4 is 5.32 Å². The molecule has 2 atom stereocenters. The monoisotopic (exact) mass is 285 g/mol. The van der Waals surface area contributed by atoms with Crippen molar-refractivity contribution in [3.8, 4) is 0 Å². The molecule has 20 heavy (non-hydrogen) atoms. The molecule has 0 spiro atoms. The number of rotatable bonds is 9. The number of likely N-dealkylation sites (tertiary alicyclic amines) is 1. The zero-order valence-corrected chi connectivity index (χ0v) is 13.0. The van der Waals surface area contributed by atoms with Crippen LogP contribution in [0.5, 0.6) is 0 Å². The van der Waals surface area contributed by atoms with Gasteiger partial charge in [0.05, 0.1) is 19.1 Å². The molecule has 2 amide bonds. The standard InChI is InChI=1S/C14H27N3O3/c1-5-11(2)17-13(18)10-12(14(17)19)15-6-7-16(3)8-9-20-4/h11-12,15H,5-10H2,1-4H3. The van der Waals surface area contributed by atoms with Gasteiger partial charge in [-0.15, -0.1) is 0 Å². The second-order valence-corrected chi connectivity index (χ2v) is 5.37. The normalized spacial score (nSPS) is 21.1. The highest BCUT2D eigenvalue weighted by Crippen LogP contribution is 2.17. The molecule has 1 heterocycles. The van der Waals surface area contributed by atoms with E-state index in [1.54, 1.807) is 7.11 Å². The third kappa shape index (κ3) is 4.54. The Morgan fingerprint density at radius 1 is 1.45 bits per heavy atom. The maximum Gasteiger partial charge on any atom is 0.247 e. The fraction of sp³-hybridized carbons (Fsp3) is 0.857. The topological polar surface area (TPSA) is 61.9 Å². The van der Waals surface area contributed by atoms with Crippen LogP contribution in [0.15, 0.2) is 0 Å². The molecule has 1 aliphatic heterocycles. The van der Waals surface area contributed by atoms with E-state index in [1.165, 1.54) is 4.90 Å². The fourth-order valence-corrected chi connectivity index (χ4v) is 2.24. The van der Waals surface area contributed by atoms with E-state index in [1.807, 2.05) is 20.9 Å². The summed E-state index contributed by atoms with van der Waals surface area (Å²) in [5.74, 6) is -0.140. The molecule has 1 aliphatic rings. The summed E-state index contributed by atoms with van der Waals surface area (Å²) in [5.41, 5.74) is 0. The van der Waals surface area contributed by atoms with Crippen LogP contribution >= 0.6 is 0 Å². The van der Waals surface area contributed by atoms with Crippen LogP contribution in [-0.4, -0.2) is 74.1 Å². The lowest BCUT2D eigenvalue weighted by Crippen LogP contribution is -2.44. The summed E-state index contributed by atoms with van der Waals surface area (Å²) in [7, 11) is 3.69. The van der Waals surface area contributed by atoms with Gasteiger partial charge in [-0.25, -0.2) is 0 Å². The summed E-state index contributed by atoms with van der Waals surface area (Å²) in [4.78, 5) is 27.6. The minimum atomic E-state index is -0.354. The highest BCUT2D eigenvalue weighted by Gasteiger charge is 2.40. The minimum Gasteiger partial charge on any atom is -0.383 e. The second kappa shape index (κ2) is 8.34. The lowest BCUT2D eigenvalue weighted by Gasteiger charge is -2.22. The van der Waals surface area contributed by atoms with Gasteiger partial charge in [-0.3, -0.25) is 14.5 Å².